The highest BCUT2D eigenvalue weighted by atomic mass is 79.9. The standard InChI is InChI=1S/C15H20BrN3O2/c1-3-13-15(21)18-14(20)9-19(13)11-6-5-10(8-17-4-2)12(16)7-11/h5-7,13,17H,3-4,8-9H2,1-2H3,(H,18,20,21). The van der Waals surface area contributed by atoms with E-state index >= 15 is 0 Å². The molecule has 6 heteroatoms. The number of piperazine rings is 1. The summed E-state index contributed by atoms with van der Waals surface area (Å²) in [5.41, 5.74) is 2.04. The van der Waals surface area contributed by atoms with Crippen LogP contribution in [-0.2, 0) is 16.1 Å². The number of carbonyl (C=O) groups is 2. The first-order valence-corrected chi connectivity index (χ1v) is 7.95. The molecule has 1 fully saturated rings. The highest BCUT2D eigenvalue weighted by Crippen LogP contribution is 2.27. The third kappa shape index (κ3) is 3.63. The molecular weight excluding hydrogens is 334 g/mol. The van der Waals surface area contributed by atoms with Crippen molar-refractivity contribution in [2.24, 2.45) is 0 Å². The zero-order chi connectivity index (χ0) is 15.4. The van der Waals surface area contributed by atoms with Crippen molar-refractivity contribution in [3.05, 3.63) is 28.2 Å². The molecule has 5 nitrogen and oxygen atoms in total. The quantitative estimate of drug-likeness (QED) is 0.792. The Morgan fingerprint density at radius 3 is 2.76 bits per heavy atom. The molecule has 1 atom stereocenters. The number of carbonyl (C=O) groups excluding carboxylic acids is 2. The Labute approximate surface area is 133 Å². The molecular formula is C15H20BrN3O2. The molecule has 114 valence electrons. The number of hydrogen-bond donors (Lipinski definition) is 2. The Kier molecular flexibility index (Phi) is 5.36. The number of rotatable bonds is 5. The molecule has 1 saturated heterocycles. The van der Waals surface area contributed by atoms with E-state index in [9.17, 15) is 9.59 Å². The number of amides is 2. The first kappa shape index (κ1) is 16.0. The van der Waals surface area contributed by atoms with Crippen LogP contribution < -0.4 is 15.5 Å². The second kappa shape index (κ2) is 7.04. The van der Waals surface area contributed by atoms with Crippen LogP contribution in [0.15, 0.2) is 22.7 Å². The van der Waals surface area contributed by atoms with Gasteiger partial charge in [0.2, 0.25) is 11.8 Å². The summed E-state index contributed by atoms with van der Waals surface area (Å²) < 4.78 is 0.981. The largest absolute Gasteiger partial charge is 0.350 e. The van der Waals surface area contributed by atoms with Crippen molar-refractivity contribution in [1.29, 1.82) is 0 Å². The summed E-state index contributed by atoms with van der Waals surface area (Å²) in [4.78, 5) is 25.4. The topological polar surface area (TPSA) is 61.4 Å². The molecule has 0 radical (unpaired) electrons. The van der Waals surface area contributed by atoms with Gasteiger partial charge in [0, 0.05) is 16.7 Å². The van der Waals surface area contributed by atoms with Gasteiger partial charge in [0.1, 0.15) is 6.04 Å². The Morgan fingerprint density at radius 2 is 2.14 bits per heavy atom. The van der Waals surface area contributed by atoms with Crippen molar-refractivity contribution in [2.75, 3.05) is 18.0 Å². The lowest BCUT2D eigenvalue weighted by Gasteiger charge is -2.35. The number of halogens is 1. The summed E-state index contributed by atoms with van der Waals surface area (Å²) in [7, 11) is 0. The van der Waals surface area contributed by atoms with E-state index < -0.39 is 0 Å². The van der Waals surface area contributed by atoms with E-state index in [1.54, 1.807) is 0 Å². The van der Waals surface area contributed by atoms with Crippen LogP contribution in [0.25, 0.3) is 0 Å². The predicted molar refractivity (Wildman–Crippen MR) is 86.1 cm³/mol. The molecule has 1 aliphatic heterocycles. The van der Waals surface area contributed by atoms with Gasteiger partial charge in [0.05, 0.1) is 6.54 Å². The highest BCUT2D eigenvalue weighted by molar-refractivity contribution is 9.10. The van der Waals surface area contributed by atoms with Gasteiger partial charge in [0.25, 0.3) is 0 Å². The molecule has 1 unspecified atom stereocenters. The summed E-state index contributed by atoms with van der Waals surface area (Å²) in [5, 5.41) is 5.67. The Morgan fingerprint density at radius 1 is 1.38 bits per heavy atom. The van der Waals surface area contributed by atoms with Gasteiger partial charge in [-0.15, -0.1) is 0 Å². The maximum Gasteiger partial charge on any atom is 0.249 e. The molecule has 0 saturated carbocycles. The minimum atomic E-state index is -0.297. The smallest absolute Gasteiger partial charge is 0.249 e. The average molecular weight is 354 g/mol. The van der Waals surface area contributed by atoms with E-state index in [0.717, 1.165) is 28.8 Å². The van der Waals surface area contributed by atoms with Gasteiger partial charge >= 0.3 is 0 Å². The molecule has 1 heterocycles. The van der Waals surface area contributed by atoms with E-state index in [0.29, 0.717) is 6.42 Å². The molecule has 0 aliphatic carbocycles. The number of nitrogens with zero attached hydrogens (tertiary/aromatic N) is 1. The Balaban J connectivity index is 2.25. The van der Waals surface area contributed by atoms with Gasteiger partial charge in [0.15, 0.2) is 0 Å². The maximum absolute atomic E-state index is 11.9. The lowest BCUT2D eigenvalue weighted by Crippen LogP contribution is -2.58. The summed E-state index contributed by atoms with van der Waals surface area (Å²) >= 11 is 3.56. The fraction of sp³-hybridized carbons (Fsp3) is 0.467. The second-order valence-electron chi connectivity index (χ2n) is 5.02. The van der Waals surface area contributed by atoms with Crippen LogP contribution >= 0.6 is 15.9 Å². The fourth-order valence-electron chi connectivity index (χ4n) is 2.46. The molecule has 0 bridgehead atoms. The zero-order valence-corrected chi connectivity index (χ0v) is 13.9. The number of anilines is 1. The van der Waals surface area contributed by atoms with Crippen LogP contribution in [0, 0.1) is 0 Å². The summed E-state index contributed by atoms with van der Waals surface area (Å²) in [6.07, 6.45) is 0.663. The molecule has 21 heavy (non-hydrogen) atoms. The maximum atomic E-state index is 11.9. The zero-order valence-electron chi connectivity index (χ0n) is 12.3. The van der Waals surface area contributed by atoms with Crippen molar-refractivity contribution in [3.63, 3.8) is 0 Å². The van der Waals surface area contributed by atoms with Gasteiger partial charge in [-0.05, 0) is 30.7 Å². The van der Waals surface area contributed by atoms with E-state index in [1.165, 1.54) is 0 Å². The van der Waals surface area contributed by atoms with Crippen molar-refractivity contribution in [1.82, 2.24) is 10.6 Å². The van der Waals surface area contributed by atoms with Gasteiger partial charge in [-0.25, -0.2) is 0 Å². The monoisotopic (exact) mass is 353 g/mol. The van der Waals surface area contributed by atoms with Crippen molar-refractivity contribution in [3.8, 4) is 0 Å². The van der Waals surface area contributed by atoms with Crippen LogP contribution in [0.3, 0.4) is 0 Å². The normalized spacial score (nSPS) is 18.8. The van der Waals surface area contributed by atoms with E-state index in [4.69, 9.17) is 0 Å². The number of nitrogens with one attached hydrogen (secondary N) is 2. The van der Waals surface area contributed by atoms with Crippen LogP contribution in [0.5, 0.6) is 0 Å². The van der Waals surface area contributed by atoms with E-state index in [1.807, 2.05) is 30.0 Å². The van der Waals surface area contributed by atoms with Gasteiger partial charge in [-0.1, -0.05) is 35.8 Å². The third-order valence-electron chi connectivity index (χ3n) is 3.58. The first-order chi connectivity index (χ1) is 10.1. The molecule has 1 aromatic carbocycles. The molecule has 2 rings (SSSR count). The first-order valence-electron chi connectivity index (χ1n) is 7.16. The average Bonchev–Trinajstić information content (AvgIpc) is 2.45. The lowest BCUT2D eigenvalue weighted by atomic mass is 10.1. The van der Waals surface area contributed by atoms with Crippen molar-refractivity contribution in [2.45, 2.75) is 32.9 Å². The summed E-state index contributed by atoms with van der Waals surface area (Å²) in [6.45, 7) is 5.91. The minimum Gasteiger partial charge on any atom is -0.350 e. The molecule has 2 amide bonds. The number of benzene rings is 1. The molecule has 1 aliphatic rings. The molecule has 0 aromatic heterocycles. The van der Waals surface area contributed by atoms with Gasteiger partial charge in [-0.3, -0.25) is 14.9 Å². The van der Waals surface area contributed by atoms with Crippen molar-refractivity contribution < 1.29 is 9.59 Å². The Hall–Kier alpha value is -1.40. The van der Waals surface area contributed by atoms with E-state index in [2.05, 4.69) is 33.5 Å². The van der Waals surface area contributed by atoms with Crippen LogP contribution in [0.2, 0.25) is 0 Å². The lowest BCUT2D eigenvalue weighted by molar-refractivity contribution is -0.132. The summed E-state index contributed by atoms with van der Waals surface area (Å²) in [5.74, 6) is -0.473. The SMILES string of the molecule is CCNCc1ccc(N2CC(=O)NC(=O)C2CC)cc1Br. The van der Waals surface area contributed by atoms with Gasteiger partial charge in [-0.2, -0.15) is 0 Å². The fourth-order valence-corrected chi connectivity index (χ4v) is 2.97. The predicted octanol–water partition coefficient (Wildman–Crippen LogP) is 1.80. The molecule has 0 spiro atoms. The van der Waals surface area contributed by atoms with Crippen LogP contribution in [0.4, 0.5) is 5.69 Å². The van der Waals surface area contributed by atoms with Gasteiger partial charge < -0.3 is 10.2 Å². The highest BCUT2D eigenvalue weighted by Gasteiger charge is 2.32. The number of hydrogen-bond acceptors (Lipinski definition) is 4. The third-order valence-corrected chi connectivity index (χ3v) is 4.31. The van der Waals surface area contributed by atoms with Crippen LogP contribution in [-0.4, -0.2) is 30.9 Å². The summed E-state index contributed by atoms with van der Waals surface area (Å²) in [6, 6.07) is 5.66. The molecule has 1 aromatic rings. The van der Waals surface area contributed by atoms with E-state index in [-0.39, 0.29) is 24.4 Å². The minimum absolute atomic E-state index is 0.212. The van der Waals surface area contributed by atoms with Crippen molar-refractivity contribution >= 4 is 33.4 Å². The number of imide groups is 1. The second-order valence-corrected chi connectivity index (χ2v) is 5.87. The molecule has 2 N–H and O–H groups in total. The van der Waals surface area contributed by atoms with Crippen LogP contribution in [0.1, 0.15) is 25.8 Å². The Bertz CT molecular complexity index is 548.